The lowest BCUT2D eigenvalue weighted by atomic mass is 9.97. The molecule has 0 aliphatic rings. The molecular weight excluding hydrogens is 124 g/mol. The molecule has 0 aromatic heterocycles. The lowest BCUT2D eigenvalue weighted by Crippen LogP contribution is -2.24. The fraction of sp³-hybridized carbons (Fsp3) is 1.00. The van der Waals surface area contributed by atoms with Crippen molar-refractivity contribution in [2.75, 3.05) is 6.54 Å². The SMILES string of the molecule is CCCC(CC)CCNN. The molecule has 2 nitrogen and oxygen atoms in total. The Labute approximate surface area is 64.2 Å². The fourth-order valence-corrected chi connectivity index (χ4v) is 1.25. The van der Waals surface area contributed by atoms with Crippen molar-refractivity contribution in [1.29, 1.82) is 0 Å². The van der Waals surface area contributed by atoms with Crippen LogP contribution in [0.5, 0.6) is 0 Å². The van der Waals surface area contributed by atoms with Crippen molar-refractivity contribution in [1.82, 2.24) is 5.43 Å². The average Bonchev–Trinajstić information content (AvgIpc) is 1.98. The maximum atomic E-state index is 5.18. The van der Waals surface area contributed by atoms with Crippen molar-refractivity contribution >= 4 is 0 Å². The Bertz CT molecular complexity index is 64.3. The van der Waals surface area contributed by atoms with E-state index in [1.165, 1.54) is 25.7 Å². The maximum absolute atomic E-state index is 5.18. The molecule has 0 radical (unpaired) electrons. The van der Waals surface area contributed by atoms with Crippen molar-refractivity contribution in [3.8, 4) is 0 Å². The van der Waals surface area contributed by atoms with E-state index in [2.05, 4.69) is 19.3 Å². The van der Waals surface area contributed by atoms with Crippen molar-refractivity contribution in [2.24, 2.45) is 11.8 Å². The lowest BCUT2D eigenvalue weighted by molar-refractivity contribution is 0.421. The monoisotopic (exact) mass is 144 g/mol. The second-order valence-corrected chi connectivity index (χ2v) is 2.81. The second-order valence-electron chi connectivity index (χ2n) is 2.81. The van der Waals surface area contributed by atoms with E-state index in [4.69, 9.17) is 5.84 Å². The predicted molar refractivity (Wildman–Crippen MR) is 45.5 cm³/mol. The van der Waals surface area contributed by atoms with Gasteiger partial charge in [0.25, 0.3) is 0 Å². The molecule has 0 fully saturated rings. The summed E-state index contributed by atoms with van der Waals surface area (Å²) in [7, 11) is 0. The molecule has 0 heterocycles. The van der Waals surface area contributed by atoms with E-state index < -0.39 is 0 Å². The van der Waals surface area contributed by atoms with E-state index >= 15 is 0 Å². The number of hydrazine groups is 1. The van der Waals surface area contributed by atoms with Gasteiger partial charge in [-0.25, -0.2) is 0 Å². The van der Waals surface area contributed by atoms with Crippen LogP contribution in [0.3, 0.4) is 0 Å². The summed E-state index contributed by atoms with van der Waals surface area (Å²) in [5.41, 5.74) is 2.69. The van der Waals surface area contributed by atoms with Crippen molar-refractivity contribution in [2.45, 2.75) is 39.5 Å². The standard InChI is InChI=1S/C8H20N2/c1-3-5-8(4-2)6-7-10-9/h8,10H,3-7,9H2,1-2H3. The Hall–Kier alpha value is -0.0800. The highest BCUT2D eigenvalue weighted by Crippen LogP contribution is 2.13. The lowest BCUT2D eigenvalue weighted by Gasteiger charge is -2.12. The van der Waals surface area contributed by atoms with Crippen LogP contribution < -0.4 is 11.3 Å². The first-order valence-corrected chi connectivity index (χ1v) is 4.28. The van der Waals surface area contributed by atoms with Gasteiger partial charge in [-0.15, -0.1) is 0 Å². The summed E-state index contributed by atoms with van der Waals surface area (Å²) >= 11 is 0. The zero-order valence-corrected chi connectivity index (χ0v) is 7.19. The fourth-order valence-electron chi connectivity index (χ4n) is 1.25. The molecule has 0 aromatic carbocycles. The van der Waals surface area contributed by atoms with Gasteiger partial charge in [0.15, 0.2) is 0 Å². The summed E-state index contributed by atoms with van der Waals surface area (Å²) in [5, 5.41) is 0. The second kappa shape index (κ2) is 7.03. The van der Waals surface area contributed by atoms with Gasteiger partial charge in [0.05, 0.1) is 0 Å². The predicted octanol–water partition coefficient (Wildman–Crippen LogP) is 1.67. The van der Waals surface area contributed by atoms with Crippen LogP contribution in [0, 0.1) is 5.92 Å². The molecule has 62 valence electrons. The van der Waals surface area contributed by atoms with Gasteiger partial charge in [0.1, 0.15) is 0 Å². The average molecular weight is 144 g/mol. The summed E-state index contributed by atoms with van der Waals surface area (Å²) < 4.78 is 0. The highest BCUT2D eigenvalue weighted by molar-refractivity contribution is 4.56. The van der Waals surface area contributed by atoms with E-state index in [1.807, 2.05) is 0 Å². The Morgan fingerprint density at radius 2 is 2.00 bits per heavy atom. The van der Waals surface area contributed by atoms with Gasteiger partial charge in [-0.1, -0.05) is 33.1 Å². The first-order valence-electron chi connectivity index (χ1n) is 4.28. The van der Waals surface area contributed by atoms with Gasteiger partial charge in [0, 0.05) is 6.54 Å². The molecular formula is C8H20N2. The zero-order valence-electron chi connectivity index (χ0n) is 7.19. The van der Waals surface area contributed by atoms with Crippen LogP contribution in [0.2, 0.25) is 0 Å². The molecule has 0 saturated carbocycles. The summed E-state index contributed by atoms with van der Waals surface area (Å²) in [5.74, 6) is 6.05. The van der Waals surface area contributed by atoms with E-state index in [1.54, 1.807) is 0 Å². The van der Waals surface area contributed by atoms with Gasteiger partial charge < -0.3 is 0 Å². The summed E-state index contributed by atoms with van der Waals surface area (Å²) in [6, 6.07) is 0. The Kier molecular flexibility index (Phi) is 6.98. The first kappa shape index (κ1) is 9.92. The molecule has 1 unspecified atom stereocenters. The molecule has 0 aliphatic heterocycles. The molecule has 2 heteroatoms. The third-order valence-corrected chi connectivity index (χ3v) is 1.97. The van der Waals surface area contributed by atoms with Crippen LogP contribution >= 0.6 is 0 Å². The molecule has 0 spiro atoms. The Morgan fingerprint density at radius 3 is 2.40 bits per heavy atom. The highest BCUT2D eigenvalue weighted by atomic mass is 15.2. The van der Waals surface area contributed by atoms with Crippen LogP contribution in [0.1, 0.15) is 39.5 Å². The minimum absolute atomic E-state index is 0.876. The molecule has 10 heavy (non-hydrogen) atoms. The van der Waals surface area contributed by atoms with Crippen molar-refractivity contribution in [3.63, 3.8) is 0 Å². The molecule has 0 aliphatic carbocycles. The van der Waals surface area contributed by atoms with E-state index in [0.717, 1.165) is 12.5 Å². The molecule has 0 bridgehead atoms. The third kappa shape index (κ3) is 4.77. The van der Waals surface area contributed by atoms with Gasteiger partial charge in [0.2, 0.25) is 0 Å². The number of nitrogens with one attached hydrogen (secondary N) is 1. The molecule has 0 rings (SSSR count). The molecule has 0 saturated heterocycles. The quantitative estimate of drug-likeness (QED) is 0.439. The van der Waals surface area contributed by atoms with Gasteiger partial charge in [-0.3, -0.25) is 11.3 Å². The minimum atomic E-state index is 0.876. The number of rotatable bonds is 6. The van der Waals surface area contributed by atoms with Crippen molar-refractivity contribution < 1.29 is 0 Å². The van der Waals surface area contributed by atoms with E-state index in [9.17, 15) is 0 Å². The topological polar surface area (TPSA) is 38.0 Å². The Balaban J connectivity index is 3.21. The Morgan fingerprint density at radius 1 is 1.30 bits per heavy atom. The smallest absolute Gasteiger partial charge is 0.01000 e. The van der Waals surface area contributed by atoms with E-state index in [-0.39, 0.29) is 0 Å². The molecule has 3 N–H and O–H groups in total. The van der Waals surface area contributed by atoms with Crippen LogP contribution in [-0.4, -0.2) is 6.54 Å². The number of nitrogens with two attached hydrogens (primary N) is 1. The summed E-state index contributed by atoms with van der Waals surface area (Å²) in [6.45, 7) is 5.44. The van der Waals surface area contributed by atoms with Gasteiger partial charge in [-0.05, 0) is 12.3 Å². The van der Waals surface area contributed by atoms with Crippen LogP contribution in [-0.2, 0) is 0 Å². The first-order chi connectivity index (χ1) is 4.85. The van der Waals surface area contributed by atoms with Crippen molar-refractivity contribution in [3.05, 3.63) is 0 Å². The maximum Gasteiger partial charge on any atom is 0.01000 e. The van der Waals surface area contributed by atoms with E-state index in [0.29, 0.717) is 0 Å². The van der Waals surface area contributed by atoms with Gasteiger partial charge in [-0.2, -0.15) is 0 Å². The number of hydrogen-bond acceptors (Lipinski definition) is 2. The molecule has 0 amide bonds. The summed E-state index contributed by atoms with van der Waals surface area (Å²) in [4.78, 5) is 0. The van der Waals surface area contributed by atoms with Crippen LogP contribution in [0.25, 0.3) is 0 Å². The normalized spacial score (nSPS) is 13.5. The largest absolute Gasteiger partial charge is 0.271 e. The minimum Gasteiger partial charge on any atom is -0.271 e. The molecule has 0 aromatic rings. The van der Waals surface area contributed by atoms with Crippen LogP contribution in [0.4, 0.5) is 0 Å². The summed E-state index contributed by atoms with van der Waals surface area (Å²) in [6.07, 6.45) is 5.15. The highest BCUT2D eigenvalue weighted by Gasteiger charge is 2.02. The van der Waals surface area contributed by atoms with Gasteiger partial charge >= 0.3 is 0 Å². The van der Waals surface area contributed by atoms with Crippen LogP contribution in [0.15, 0.2) is 0 Å². The third-order valence-electron chi connectivity index (χ3n) is 1.97. The number of hydrogen-bond donors (Lipinski definition) is 2. The zero-order chi connectivity index (χ0) is 7.82. The molecule has 1 atom stereocenters.